The highest BCUT2D eigenvalue weighted by atomic mass is 35.5. The van der Waals surface area contributed by atoms with Gasteiger partial charge in [-0.25, -0.2) is 9.37 Å². The Labute approximate surface area is 346 Å². The summed E-state index contributed by atoms with van der Waals surface area (Å²) in [6.07, 6.45) is 6.27. The molecule has 0 N–H and O–H groups in total. The van der Waals surface area contributed by atoms with Crippen molar-refractivity contribution in [3.05, 3.63) is 100.0 Å². The van der Waals surface area contributed by atoms with Crippen molar-refractivity contribution < 1.29 is 29.1 Å². The summed E-state index contributed by atoms with van der Waals surface area (Å²) in [6.45, 7) is 12.4. The number of anilines is 1. The summed E-state index contributed by atoms with van der Waals surface area (Å²) >= 11 is 26.9. The molecule has 0 unspecified atom stereocenters. The third-order valence-corrected chi connectivity index (χ3v) is 13.6. The number of allylic oxidation sites excluding steroid dienone is 1. The van der Waals surface area contributed by atoms with Crippen LogP contribution < -0.4 is 25.2 Å². The molecule has 3 aromatic rings. The topological polar surface area (TPSA) is 110 Å². The first-order valence-electron chi connectivity index (χ1n) is 18.9. The molecule has 294 valence electrons. The van der Waals surface area contributed by atoms with Crippen LogP contribution in [0.4, 0.5) is 5.69 Å². The molecule has 1 saturated heterocycles. The second-order valence-electron chi connectivity index (χ2n) is 16.2. The molecule has 3 aromatic carbocycles. The molecular formula is C43H43Cl4N3O6. The first-order valence-corrected chi connectivity index (χ1v) is 20.4. The normalized spacial score (nSPS) is 18.0. The summed E-state index contributed by atoms with van der Waals surface area (Å²) in [5.74, 6) is -3.11. The highest BCUT2D eigenvalue weighted by molar-refractivity contribution is 6.53. The molecule has 2 amide bonds. The van der Waals surface area contributed by atoms with Crippen LogP contribution in [0, 0.1) is 0 Å². The number of aryl methyl sites for hydroxylation is 1. The molecule has 3 heterocycles. The number of fused-ring (bicyclic) bond motifs is 4. The maximum Gasteiger partial charge on any atom is 0.333 e. The van der Waals surface area contributed by atoms with Crippen molar-refractivity contribution in [3.63, 3.8) is 0 Å². The minimum atomic E-state index is -1.52. The van der Waals surface area contributed by atoms with Gasteiger partial charge >= 0.3 is 5.97 Å². The predicted molar refractivity (Wildman–Crippen MR) is 218 cm³/mol. The minimum absolute atomic E-state index is 0.0167. The number of nitrogens with zero attached hydrogens (tertiary/aromatic N) is 3. The van der Waals surface area contributed by atoms with E-state index >= 15 is 0 Å². The second-order valence-corrected chi connectivity index (χ2v) is 17.8. The van der Waals surface area contributed by atoms with Gasteiger partial charge in [-0.05, 0) is 91.3 Å². The van der Waals surface area contributed by atoms with E-state index in [2.05, 4.69) is 81.5 Å². The van der Waals surface area contributed by atoms with E-state index in [1.165, 1.54) is 0 Å². The lowest BCUT2D eigenvalue weighted by atomic mass is 9.67. The summed E-state index contributed by atoms with van der Waals surface area (Å²) in [4.78, 5) is 56.6. The van der Waals surface area contributed by atoms with E-state index in [0.717, 1.165) is 75.5 Å². The zero-order chi connectivity index (χ0) is 40.6. The number of imide groups is 1. The molecule has 4 aliphatic rings. The van der Waals surface area contributed by atoms with Crippen LogP contribution in [-0.2, 0) is 31.1 Å². The van der Waals surface area contributed by atoms with Gasteiger partial charge in [-0.2, -0.15) is 0 Å². The second kappa shape index (κ2) is 14.8. The number of carboxylic acids is 1. The molecule has 3 aliphatic heterocycles. The zero-order valence-electron chi connectivity index (χ0n) is 32.3. The fourth-order valence-electron chi connectivity index (χ4n) is 8.93. The number of carbonyl (C=O) groups excluding carboxylic acids is 4. The Morgan fingerprint density at radius 3 is 2.21 bits per heavy atom. The minimum Gasteiger partial charge on any atom is -0.545 e. The van der Waals surface area contributed by atoms with Crippen LogP contribution >= 0.6 is 46.4 Å². The summed E-state index contributed by atoms with van der Waals surface area (Å²) in [6, 6.07) is 8.75. The fourth-order valence-corrected chi connectivity index (χ4v) is 9.96. The molecule has 0 radical (unpaired) electrons. The molecular weight excluding hydrogens is 796 g/mol. The van der Waals surface area contributed by atoms with Gasteiger partial charge in [0.2, 0.25) is 5.36 Å². The van der Waals surface area contributed by atoms with Crippen LogP contribution in [0.2, 0.25) is 20.1 Å². The molecule has 0 atom stereocenters. The summed E-state index contributed by atoms with van der Waals surface area (Å²) in [5, 5.41) is 15.1. The Morgan fingerprint density at radius 2 is 1.54 bits per heavy atom. The van der Waals surface area contributed by atoms with E-state index in [0.29, 0.717) is 30.0 Å². The van der Waals surface area contributed by atoms with Gasteiger partial charge in [0.05, 0.1) is 31.6 Å². The Morgan fingerprint density at radius 1 is 0.857 bits per heavy atom. The first-order chi connectivity index (χ1) is 26.3. The lowest BCUT2D eigenvalue weighted by Gasteiger charge is -2.45. The largest absolute Gasteiger partial charge is 0.545 e. The van der Waals surface area contributed by atoms with Crippen LogP contribution in [0.1, 0.15) is 123 Å². The molecule has 56 heavy (non-hydrogen) atoms. The Kier molecular flexibility index (Phi) is 10.7. The van der Waals surface area contributed by atoms with Crippen molar-refractivity contribution in [3.8, 4) is 0 Å². The molecule has 9 nitrogen and oxygen atoms in total. The van der Waals surface area contributed by atoms with Crippen LogP contribution in [0.5, 0.6) is 0 Å². The van der Waals surface area contributed by atoms with Gasteiger partial charge in [-0.15, -0.1) is 5.06 Å². The fraction of sp³-hybridized carbons (Fsp3) is 0.419. The average Bonchev–Trinajstić information content (AvgIpc) is 3.44. The van der Waals surface area contributed by atoms with E-state index in [9.17, 15) is 24.3 Å². The van der Waals surface area contributed by atoms with Gasteiger partial charge in [0, 0.05) is 71.7 Å². The lowest BCUT2D eigenvalue weighted by molar-refractivity contribution is -0.255. The van der Waals surface area contributed by atoms with Gasteiger partial charge in [-0.3, -0.25) is 9.59 Å². The number of carbonyl (C=O) groups is 4. The van der Waals surface area contributed by atoms with Gasteiger partial charge < -0.3 is 19.6 Å². The standard InChI is InChI=1S/C43H43Cl4N3O6/c1-22-21-42(2,3)49(16-9-7-8-12-33(53)56-50-31(51)13-14-32(50)52)30-20-28-26(18-24(22)30)34(35-36(41(54)55)38(45)40(47)39(46)37(35)44)25-17-23-11-10-15-48(6)29(23)19-27(25)43(28,4)5/h17-21H,7-16H2,1-6H3. The van der Waals surface area contributed by atoms with Crippen LogP contribution in [0.3, 0.4) is 0 Å². The molecule has 0 spiro atoms. The maximum atomic E-state index is 13.0. The number of hydrogen-bond acceptors (Lipinski definition) is 7. The number of benzene rings is 3. The molecule has 0 aromatic heterocycles. The third-order valence-electron chi connectivity index (χ3n) is 11.8. The first kappa shape index (κ1) is 40.3. The smallest absolute Gasteiger partial charge is 0.333 e. The van der Waals surface area contributed by atoms with Crippen LogP contribution in [0.25, 0.3) is 11.1 Å². The number of hydrogen-bond donors (Lipinski definition) is 0. The summed E-state index contributed by atoms with van der Waals surface area (Å²) < 4.78 is 2.26. The summed E-state index contributed by atoms with van der Waals surface area (Å²) in [5.41, 5.74) is 6.56. The molecule has 1 fully saturated rings. The molecule has 0 saturated carbocycles. The van der Waals surface area contributed by atoms with E-state index < -0.39 is 29.2 Å². The number of hydroxylamine groups is 2. The Bertz CT molecular complexity index is 2420. The molecule has 1 aliphatic carbocycles. The SMILES string of the molecule is CC1=CC(C)(C)N(CCCCCC(=O)ON2C(=O)CCC2=O)c2cc3c(cc21)C(c1c(Cl)c(Cl)c(Cl)c(Cl)c1C(=O)[O-])=c1cc2c(cc1C3(C)C)=[N+](C)CCC2. The number of unbranched alkanes of at least 4 members (excludes halogenated alkanes) is 2. The van der Waals surface area contributed by atoms with E-state index in [1.807, 2.05) is 0 Å². The lowest BCUT2D eigenvalue weighted by Crippen LogP contribution is -2.46. The average molecular weight is 840 g/mol. The van der Waals surface area contributed by atoms with Crippen LogP contribution in [-0.4, -0.2) is 54.5 Å². The van der Waals surface area contributed by atoms with Gasteiger partial charge in [0.25, 0.3) is 11.8 Å². The Balaban J connectivity index is 1.35. The van der Waals surface area contributed by atoms with Crippen molar-refractivity contribution in [1.82, 2.24) is 9.64 Å². The van der Waals surface area contributed by atoms with E-state index in [4.69, 9.17) is 51.2 Å². The third kappa shape index (κ3) is 6.72. The zero-order valence-corrected chi connectivity index (χ0v) is 35.3. The molecule has 0 bridgehead atoms. The Hall–Kier alpha value is -3.89. The monoisotopic (exact) mass is 837 g/mol. The van der Waals surface area contributed by atoms with Crippen LogP contribution in [0.15, 0.2) is 30.3 Å². The number of rotatable bonds is 9. The maximum absolute atomic E-state index is 13.0. The molecule has 13 heteroatoms. The number of halogens is 4. The van der Waals surface area contributed by atoms with Crippen molar-refractivity contribution >= 4 is 87.0 Å². The van der Waals surface area contributed by atoms with E-state index in [-0.39, 0.29) is 56.0 Å². The quantitative estimate of drug-likeness (QED) is 0.0769. The number of amides is 2. The van der Waals surface area contributed by atoms with Gasteiger partial charge in [0.1, 0.15) is 13.6 Å². The van der Waals surface area contributed by atoms with Crippen molar-refractivity contribution in [2.75, 3.05) is 25.0 Å². The predicted octanol–water partition coefficient (Wildman–Crippen LogP) is 6.79. The highest BCUT2D eigenvalue weighted by Gasteiger charge is 2.40. The van der Waals surface area contributed by atoms with Crippen molar-refractivity contribution in [1.29, 1.82) is 0 Å². The summed E-state index contributed by atoms with van der Waals surface area (Å²) in [7, 11) is 2.09. The van der Waals surface area contributed by atoms with Crippen molar-refractivity contribution in [2.45, 2.75) is 96.9 Å². The number of carboxylic acid groups (broad SMARTS) is 1. The van der Waals surface area contributed by atoms with Gasteiger partial charge in [-0.1, -0.05) is 72.7 Å². The van der Waals surface area contributed by atoms with Gasteiger partial charge in [0.15, 0.2) is 0 Å². The molecule has 7 rings (SSSR count). The van der Waals surface area contributed by atoms with E-state index in [1.54, 1.807) is 0 Å². The number of aromatic carboxylic acids is 1. The highest BCUT2D eigenvalue weighted by Crippen LogP contribution is 2.51. The van der Waals surface area contributed by atoms with Crippen molar-refractivity contribution in [2.24, 2.45) is 0 Å².